The molecule has 4 heteroatoms. The Morgan fingerprint density at radius 1 is 1.38 bits per heavy atom. The Bertz CT molecular complexity index is 425. The van der Waals surface area contributed by atoms with Gasteiger partial charge in [0, 0.05) is 6.20 Å². The fraction of sp³-hybridized carbons (Fsp3) is 0. The van der Waals surface area contributed by atoms with E-state index in [-0.39, 0.29) is 5.75 Å². The number of pyridine rings is 1. The number of nitrogens with zero attached hydrogens (tertiary/aromatic N) is 1. The molecule has 0 unspecified atom stereocenters. The molecule has 1 N–H and O–H groups in total. The second-order valence-electron chi connectivity index (χ2n) is 2.47. The van der Waals surface area contributed by atoms with Crippen molar-refractivity contribution in [2.75, 3.05) is 0 Å². The van der Waals surface area contributed by atoms with Gasteiger partial charge in [-0.05, 0) is 34.1 Å². The van der Waals surface area contributed by atoms with E-state index < -0.39 is 0 Å². The van der Waals surface area contributed by atoms with Gasteiger partial charge in [-0.3, -0.25) is 0 Å². The summed E-state index contributed by atoms with van der Waals surface area (Å²) in [6.07, 6.45) is 3.14. The van der Waals surface area contributed by atoms with E-state index in [1.54, 1.807) is 24.4 Å². The van der Waals surface area contributed by atoms with Crippen LogP contribution in [0.25, 0.3) is 11.5 Å². The standard InChI is InChI=1S/C9H6BrNO2/c10-6-3-5-13-9(6)8-7(12)2-1-4-11-8/h1-5,12H. The van der Waals surface area contributed by atoms with E-state index in [1.165, 1.54) is 6.26 Å². The van der Waals surface area contributed by atoms with E-state index in [2.05, 4.69) is 20.9 Å². The van der Waals surface area contributed by atoms with Gasteiger partial charge < -0.3 is 9.52 Å². The molecule has 2 aromatic rings. The second kappa shape index (κ2) is 3.22. The predicted molar refractivity (Wildman–Crippen MR) is 51.3 cm³/mol. The van der Waals surface area contributed by atoms with Gasteiger partial charge in [-0.25, -0.2) is 4.98 Å². The summed E-state index contributed by atoms with van der Waals surface area (Å²) in [5.74, 6) is 0.649. The number of aromatic nitrogens is 1. The van der Waals surface area contributed by atoms with E-state index in [1.807, 2.05) is 0 Å². The first-order valence-electron chi connectivity index (χ1n) is 3.66. The van der Waals surface area contributed by atoms with Gasteiger partial charge >= 0.3 is 0 Å². The fourth-order valence-corrected chi connectivity index (χ4v) is 1.42. The molecule has 3 nitrogen and oxygen atoms in total. The molecular weight excluding hydrogens is 234 g/mol. The predicted octanol–water partition coefficient (Wildman–Crippen LogP) is 2.81. The van der Waals surface area contributed by atoms with Crippen LogP contribution in [0.3, 0.4) is 0 Å². The first-order valence-corrected chi connectivity index (χ1v) is 4.45. The minimum absolute atomic E-state index is 0.109. The third kappa shape index (κ3) is 1.45. The number of hydrogen-bond acceptors (Lipinski definition) is 3. The zero-order valence-corrected chi connectivity index (χ0v) is 8.15. The smallest absolute Gasteiger partial charge is 0.170 e. The molecule has 0 saturated carbocycles. The van der Waals surface area contributed by atoms with E-state index >= 15 is 0 Å². The van der Waals surface area contributed by atoms with Crippen molar-refractivity contribution < 1.29 is 9.52 Å². The highest BCUT2D eigenvalue weighted by atomic mass is 79.9. The Labute approximate surface area is 83.2 Å². The summed E-state index contributed by atoms with van der Waals surface area (Å²) in [6.45, 7) is 0. The molecule has 0 saturated heterocycles. The molecule has 0 amide bonds. The summed E-state index contributed by atoms with van der Waals surface area (Å²) >= 11 is 3.29. The molecule has 0 fully saturated rings. The summed E-state index contributed by atoms with van der Waals surface area (Å²) in [7, 11) is 0. The molecule has 0 atom stereocenters. The zero-order chi connectivity index (χ0) is 9.26. The molecule has 0 aliphatic rings. The maximum atomic E-state index is 9.46. The van der Waals surface area contributed by atoms with Crippen LogP contribution in [0.4, 0.5) is 0 Å². The summed E-state index contributed by atoms with van der Waals surface area (Å²) in [4.78, 5) is 4.01. The van der Waals surface area contributed by atoms with Gasteiger partial charge in [-0.1, -0.05) is 0 Å². The largest absolute Gasteiger partial charge is 0.506 e. The molecule has 0 radical (unpaired) electrons. The lowest BCUT2D eigenvalue weighted by Crippen LogP contribution is -1.81. The first-order chi connectivity index (χ1) is 6.29. The molecule has 0 aliphatic carbocycles. The first kappa shape index (κ1) is 8.31. The topological polar surface area (TPSA) is 46.3 Å². The molecule has 2 aromatic heterocycles. The summed E-state index contributed by atoms with van der Waals surface area (Å²) in [5.41, 5.74) is 0.444. The van der Waals surface area contributed by atoms with Crippen LogP contribution in [0.2, 0.25) is 0 Å². The molecular formula is C9H6BrNO2. The fourth-order valence-electron chi connectivity index (χ4n) is 1.03. The highest BCUT2D eigenvalue weighted by Crippen LogP contribution is 2.32. The molecule has 2 heterocycles. The van der Waals surface area contributed by atoms with Gasteiger partial charge in [0.15, 0.2) is 5.76 Å². The van der Waals surface area contributed by atoms with Crippen molar-refractivity contribution in [1.82, 2.24) is 4.98 Å². The molecule has 0 bridgehead atoms. The van der Waals surface area contributed by atoms with E-state index in [0.717, 1.165) is 4.47 Å². The third-order valence-corrected chi connectivity index (χ3v) is 2.24. The molecule has 66 valence electrons. The van der Waals surface area contributed by atoms with Crippen molar-refractivity contribution in [2.24, 2.45) is 0 Å². The minimum atomic E-state index is 0.109. The Hall–Kier alpha value is -1.29. The third-order valence-electron chi connectivity index (χ3n) is 1.62. The van der Waals surface area contributed by atoms with Crippen molar-refractivity contribution in [3.63, 3.8) is 0 Å². The van der Waals surface area contributed by atoms with Crippen LogP contribution < -0.4 is 0 Å². The van der Waals surface area contributed by atoms with Crippen LogP contribution in [0.1, 0.15) is 0 Å². The van der Waals surface area contributed by atoms with Gasteiger partial charge in [0.05, 0.1) is 10.7 Å². The Balaban J connectivity index is 2.59. The average Bonchev–Trinajstić information content (AvgIpc) is 2.52. The normalized spacial score (nSPS) is 10.2. The molecule has 0 aliphatic heterocycles. The van der Waals surface area contributed by atoms with Crippen LogP contribution >= 0.6 is 15.9 Å². The van der Waals surface area contributed by atoms with Gasteiger partial charge in [0.1, 0.15) is 11.4 Å². The van der Waals surface area contributed by atoms with Crippen molar-refractivity contribution in [2.45, 2.75) is 0 Å². The van der Waals surface area contributed by atoms with Crippen molar-refractivity contribution in [3.05, 3.63) is 35.1 Å². The van der Waals surface area contributed by atoms with Crippen molar-refractivity contribution in [1.29, 1.82) is 0 Å². The van der Waals surface area contributed by atoms with Crippen molar-refractivity contribution >= 4 is 15.9 Å². The second-order valence-corrected chi connectivity index (χ2v) is 3.32. The quantitative estimate of drug-likeness (QED) is 0.833. The van der Waals surface area contributed by atoms with Gasteiger partial charge in [-0.15, -0.1) is 0 Å². The van der Waals surface area contributed by atoms with Crippen LogP contribution in [-0.2, 0) is 0 Å². The van der Waals surface area contributed by atoms with Crippen LogP contribution in [0.15, 0.2) is 39.5 Å². The number of rotatable bonds is 1. The van der Waals surface area contributed by atoms with Crippen LogP contribution in [-0.4, -0.2) is 10.1 Å². The minimum Gasteiger partial charge on any atom is -0.506 e. The summed E-state index contributed by atoms with van der Waals surface area (Å²) < 4.78 is 5.94. The molecule has 0 spiro atoms. The number of aromatic hydroxyl groups is 1. The van der Waals surface area contributed by atoms with Crippen molar-refractivity contribution in [3.8, 4) is 17.2 Å². The van der Waals surface area contributed by atoms with Crippen LogP contribution in [0, 0.1) is 0 Å². The lowest BCUT2D eigenvalue weighted by Gasteiger charge is -1.98. The van der Waals surface area contributed by atoms with E-state index in [9.17, 15) is 5.11 Å². The van der Waals surface area contributed by atoms with Gasteiger partial charge in [0.2, 0.25) is 0 Å². The van der Waals surface area contributed by atoms with E-state index in [0.29, 0.717) is 11.5 Å². The highest BCUT2D eigenvalue weighted by molar-refractivity contribution is 9.10. The Morgan fingerprint density at radius 2 is 2.23 bits per heavy atom. The zero-order valence-electron chi connectivity index (χ0n) is 6.57. The van der Waals surface area contributed by atoms with Crippen LogP contribution in [0.5, 0.6) is 5.75 Å². The SMILES string of the molecule is Oc1cccnc1-c1occc1Br. The summed E-state index contributed by atoms with van der Waals surface area (Å²) in [6, 6.07) is 4.98. The lowest BCUT2D eigenvalue weighted by atomic mass is 10.3. The molecule has 13 heavy (non-hydrogen) atoms. The molecule has 2 rings (SSSR count). The number of halogens is 1. The van der Waals surface area contributed by atoms with Gasteiger partial charge in [-0.2, -0.15) is 0 Å². The van der Waals surface area contributed by atoms with E-state index in [4.69, 9.17) is 4.42 Å². The Morgan fingerprint density at radius 3 is 2.85 bits per heavy atom. The maximum Gasteiger partial charge on any atom is 0.170 e. The maximum absolute atomic E-state index is 9.46. The summed E-state index contributed by atoms with van der Waals surface area (Å²) in [5, 5.41) is 9.46. The molecule has 0 aromatic carbocycles. The highest BCUT2D eigenvalue weighted by Gasteiger charge is 2.11. The number of furan rings is 1. The lowest BCUT2D eigenvalue weighted by molar-refractivity contribution is 0.470. The average molecular weight is 240 g/mol. The Kier molecular flexibility index (Phi) is 2.06. The van der Waals surface area contributed by atoms with Gasteiger partial charge in [0.25, 0.3) is 0 Å². The monoisotopic (exact) mass is 239 g/mol. The number of hydrogen-bond donors (Lipinski definition) is 1.